The number of likely N-dealkylation sites (tertiary alicyclic amines) is 1. The van der Waals surface area contributed by atoms with E-state index in [1.165, 1.54) is 5.56 Å². The van der Waals surface area contributed by atoms with Gasteiger partial charge in [0.2, 0.25) is 0 Å². The second kappa shape index (κ2) is 8.35. The quantitative estimate of drug-likeness (QED) is 0.829. The van der Waals surface area contributed by atoms with Crippen molar-refractivity contribution in [1.82, 2.24) is 15.1 Å². The summed E-state index contributed by atoms with van der Waals surface area (Å²) in [4.78, 5) is 32.3. The number of nitrogens with zero attached hydrogens (tertiary/aromatic N) is 3. The molecule has 2 aromatic carbocycles. The van der Waals surface area contributed by atoms with Crippen molar-refractivity contribution >= 4 is 17.5 Å². The van der Waals surface area contributed by atoms with Gasteiger partial charge in [0, 0.05) is 44.8 Å². The Morgan fingerprint density at radius 1 is 1.03 bits per heavy atom. The molecule has 0 aliphatic carbocycles. The summed E-state index contributed by atoms with van der Waals surface area (Å²) in [6.45, 7) is 3.75. The first-order valence-corrected chi connectivity index (χ1v) is 11.3. The van der Waals surface area contributed by atoms with Gasteiger partial charge >= 0.3 is 0 Å². The minimum absolute atomic E-state index is 0.0426. The molecule has 162 valence electrons. The van der Waals surface area contributed by atoms with Crippen LogP contribution in [-0.2, 0) is 6.54 Å². The number of fused-ring (bicyclic) bond motifs is 2. The van der Waals surface area contributed by atoms with Crippen molar-refractivity contribution in [1.29, 1.82) is 0 Å². The van der Waals surface area contributed by atoms with E-state index in [0.29, 0.717) is 11.1 Å². The summed E-state index contributed by atoms with van der Waals surface area (Å²) >= 11 is 0. The molecule has 3 heterocycles. The van der Waals surface area contributed by atoms with Gasteiger partial charge in [0.25, 0.3) is 11.8 Å². The molecule has 0 spiro atoms. The van der Waals surface area contributed by atoms with E-state index in [2.05, 4.69) is 39.4 Å². The van der Waals surface area contributed by atoms with Crippen LogP contribution in [0.4, 0.5) is 5.69 Å². The summed E-state index contributed by atoms with van der Waals surface area (Å²) in [6, 6.07) is 16.2. The van der Waals surface area contributed by atoms with Gasteiger partial charge in [-0.25, -0.2) is 0 Å². The topological polar surface area (TPSA) is 55.9 Å². The maximum Gasteiger partial charge on any atom is 0.257 e. The van der Waals surface area contributed by atoms with Gasteiger partial charge in [-0.3, -0.25) is 14.5 Å². The zero-order valence-corrected chi connectivity index (χ0v) is 18.1. The third-order valence-electron chi connectivity index (χ3n) is 6.97. The number of hydrogen-bond donors (Lipinski definition) is 1. The highest BCUT2D eigenvalue weighted by Gasteiger charge is 2.38. The molecular formula is C25H30N4O2. The summed E-state index contributed by atoms with van der Waals surface area (Å²) in [7, 11) is 2.03. The fourth-order valence-corrected chi connectivity index (χ4v) is 5.20. The predicted octanol–water partition coefficient (Wildman–Crippen LogP) is 3.09. The molecule has 2 aromatic rings. The summed E-state index contributed by atoms with van der Waals surface area (Å²) < 4.78 is 0. The monoisotopic (exact) mass is 418 g/mol. The molecule has 5 rings (SSSR count). The lowest BCUT2D eigenvalue weighted by molar-refractivity contribution is 0.0718. The highest BCUT2D eigenvalue weighted by molar-refractivity contribution is 6.04. The van der Waals surface area contributed by atoms with E-state index in [-0.39, 0.29) is 24.0 Å². The van der Waals surface area contributed by atoms with Crippen molar-refractivity contribution in [3.8, 4) is 0 Å². The van der Waals surface area contributed by atoms with Crippen LogP contribution in [-0.4, -0.2) is 60.5 Å². The third-order valence-corrected chi connectivity index (χ3v) is 6.97. The van der Waals surface area contributed by atoms with Crippen LogP contribution in [0.15, 0.2) is 48.5 Å². The Morgan fingerprint density at radius 3 is 2.58 bits per heavy atom. The molecule has 1 atom stereocenters. The molecule has 3 aliphatic rings. The first kappa shape index (κ1) is 20.1. The minimum Gasteiger partial charge on any atom is -0.354 e. The van der Waals surface area contributed by atoms with Gasteiger partial charge in [-0.2, -0.15) is 0 Å². The van der Waals surface area contributed by atoms with Crippen molar-refractivity contribution < 1.29 is 9.59 Å². The Kier molecular flexibility index (Phi) is 5.40. The number of piperidine rings is 1. The van der Waals surface area contributed by atoms with Gasteiger partial charge < -0.3 is 15.1 Å². The number of carbonyl (C=O) groups is 2. The van der Waals surface area contributed by atoms with Crippen LogP contribution in [0, 0.1) is 0 Å². The first-order chi connectivity index (χ1) is 15.1. The number of benzene rings is 2. The number of amides is 2. The average Bonchev–Trinajstić information content (AvgIpc) is 3.30. The largest absolute Gasteiger partial charge is 0.354 e. The Morgan fingerprint density at radius 2 is 1.81 bits per heavy atom. The molecule has 0 aromatic heterocycles. The molecule has 3 aliphatic heterocycles. The molecule has 1 N–H and O–H groups in total. The highest BCUT2D eigenvalue weighted by atomic mass is 16.2. The minimum atomic E-state index is -0.0426. The number of carbonyl (C=O) groups excluding carboxylic acids is 2. The molecule has 0 bridgehead atoms. The molecule has 2 saturated heterocycles. The van der Waals surface area contributed by atoms with Crippen LogP contribution in [0.5, 0.6) is 0 Å². The predicted molar refractivity (Wildman–Crippen MR) is 121 cm³/mol. The number of hydrogen-bond acceptors (Lipinski definition) is 4. The Balaban J connectivity index is 1.21. The van der Waals surface area contributed by atoms with Gasteiger partial charge in [-0.15, -0.1) is 0 Å². The molecule has 0 radical (unpaired) electrons. The normalized spacial score (nSPS) is 21.7. The Bertz CT molecular complexity index is 969. The second-order valence-corrected chi connectivity index (χ2v) is 8.97. The molecule has 1 unspecified atom stereocenters. The summed E-state index contributed by atoms with van der Waals surface area (Å²) in [5.74, 6) is 0.0485. The van der Waals surface area contributed by atoms with Gasteiger partial charge in [0.1, 0.15) is 6.17 Å². The standard InChI is InChI=1S/C25H30N4O2/c1-27-22-16-19(9-10-21(22)25(31)29-13-5-8-23(27)29)24(30)26-20-11-14-28(15-12-20)17-18-6-3-2-4-7-18/h2-4,6-7,9-10,16,20,23H,5,8,11-15,17H2,1H3,(H,26,30). The van der Waals surface area contributed by atoms with Crippen molar-refractivity contribution in [2.24, 2.45) is 0 Å². The molecule has 31 heavy (non-hydrogen) atoms. The van der Waals surface area contributed by atoms with Crippen molar-refractivity contribution in [2.75, 3.05) is 31.6 Å². The molecule has 2 amide bonds. The molecule has 0 saturated carbocycles. The average molecular weight is 419 g/mol. The van der Waals surface area contributed by atoms with E-state index < -0.39 is 0 Å². The van der Waals surface area contributed by atoms with Gasteiger partial charge in [-0.05, 0) is 49.4 Å². The Labute approximate surface area is 183 Å². The fraction of sp³-hybridized carbons (Fsp3) is 0.440. The van der Waals surface area contributed by atoms with Crippen molar-refractivity contribution in [2.45, 2.75) is 44.4 Å². The van der Waals surface area contributed by atoms with E-state index in [0.717, 1.165) is 57.5 Å². The highest BCUT2D eigenvalue weighted by Crippen LogP contribution is 2.35. The Hall–Kier alpha value is -2.86. The maximum atomic E-state index is 12.9. The number of rotatable bonds is 4. The molecule has 2 fully saturated rings. The van der Waals surface area contributed by atoms with Crippen LogP contribution in [0.1, 0.15) is 52.0 Å². The smallest absolute Gasteiger partial charge is 0.257 e. The summed E-state index contributed by atoms with van der Waals surface area (Å²) in [5.41, 5.74) is 3.54. The zero-order valence-electron chi connectivity index (χ0n) is 18.1. The second-order valence-electron chi connectivity index (χ2n) is 8.97. The number of anilines is 1. The first-order valence-electron chi connectivity index (χ1n) is 11.3. The van der Waals surface area contributed by atoms with Crippen LogP contribution in [0.25, 0.3) is 0 Å². The third kappa shape index (κ3) is 3.92. The molecule has 6 nitrogen and oxygen atoms in total. The van der Waals surface area contributed by atoms with E-state index in [1.807, 2.05) is 30.1 Å². The molecule has 6 heteroatoms. The summed E-state index contributed by atoms with van der Waals surface area (Å²) in [6.07, 6.45) is 4.05. The van der Waals surface area contributed by atoms with E-state index >= 15 is 0 Å². The molecular weight excluding hydrogens is 388 g/mol. The van der Waals surface area contributed by atoms with Gasteiger partial charge in [0.05, 0.1) is 11.3 Å². The van der Waals surface area contributed by atoms with Crippen molar-refractivity contribution in [3.63, 3.8) is 0 Å². The lowest BCUT2D eigenvalue weighted by Gasteiger charge is -2.40. The van der Waals surface area contributed by atoms with Crippen molar-refractivity contribution in [3.05, 3.63) is 65.2 Å². The van der Waals surface area contributed by atoms with Gasteiger partial charge in [-0.1, -0.05) is 30.3 Å². The number of nitrogens with one attached hydrogen (secondary N) is 1. The zero-order chi connectivity index (χ0) is 21.4. The summed E-state index contributed by atoms with van der Waals surface area (Å²) in [5, 5.41) is 3.22. The lowest BCUT2D eigenvalue weighted by atomic mass is 10.0. The van der Waals surface area contributed by atoms with Crippen LogP contribution in [0.2, 0.25) is 0 Å². The van der Waals surface area contributed by atoms with Crippen LogP contribution >= 0.6 is 0 Å². The van der Waals surface area contributed by atoms with E-state index in [9.17, 15) is 9.59 Å². The maximum absolute atomic E-state index is 12.9. The van der Waals surface area contributed by atoms with E-state index in [4.69, 9.17) is 0 Å². The SMILES string of the molecule is CN1c2cc(C(=O)NC3CCN(Cc4ccccc4)CC3)ccc2C(=O)N2CCCC21. The van der Waals surface area contributed by atoms with Crippen LogP contribution in [0.3, 0.4) is 0 Å². The van der Waals surface area contributed by atoms with Gasteiger partial charge in [0.15, 0.2) is 0 Å². The fourth-order valence-electron chi connectivity index (χ4n) is 5.20. The van der Waals surface area contributed by atoms with Crippen LogP contribution < -0.4 is 10.2 Å². The lowest BCUT2D eigenvalue weighted by Crippen LogP contribution is -2.50. The van der Waals surface area contributed by atoms with E-state index in [1.54, 1.807) is 6.07 Å².